The van der Waals surface area contributed by atoms with Crippen molar-refractivity contribution in [1.82, 2.24) is 19.5 Å². The van der Waals surface area contributed by atoms with E-state index in [0.29, 0.717) is 12.8 Å². The van der Waals surface area contributed by atoms with Crippen molar-refractivity contribution in [3.8, 4) is 12.3 Å². The third-order valence-electron chi connectivity index (χ3n) is 5.64. The number of methoxy groups -OCH3 is 1. The number of unbranched alkanes of at least 4 members (excludes halogenated alkanes) is 4. The lowest BCUT2D eigenvalue weighted by atomic mass is 9.97. The predicted octanol–water partition coefficient (Wildman–Crippen LogP) is 3.18. The molecule has 35 heavy (non-hydrogen) atoms. The average Bonchev–Trinajstić information content (AvgIpc) is 3.23. The first-order valence-corrected chi connectivity index (χ1v) is 11.8. The number of terminal acetylenes is 1. The van der Waals surface area contributed by atoms with E-state index in [1.165, 1.54) is 18.0 Å². The van der Waals surface area contributed by atoms with Crippen molar-refractivity contribution in [2.75, 3.05) is 19.5 Å². The van der Waals surface area contributed by atoms with Gasteiger partial charge < -0.3 is 24.5 Å². The highest BCUT2D eigenvalue weighted by molar-refractivity contribution is 5.81. The first kappa shape index (κ1) is 28.0. The van der Waals surface area contributed by atoms with Crippen molar-refractivity contribution >= 4 is 28.9 Å². The van der Waals surface area contributed by atoms with E-state index >= 15 is 0 Å². The van der Waals surface area contributed by atoms with Crippen LogP contribution in [0.3, 0.4) is 0 Å². The first-order valence-electron chi connectivity index (χ1n) is 11.8. The minimum Gasteiger partial charge on any atom is -0.461 e. The number of rotatable bonds is 15. The topological polar surface area (TPSA) is 131 Å². The molecule has 0 bridgehead atoms. The Morgan fingerprint density at radius 1 is 1.17 bits per heavy atom. The molecule has 0 saturated heterocycles. The smallest absolute Gasteiger partial charge is 0.312 e. The van der Waals surface area contributed by atoms with E-state index in [0.717, 1.165) is 25.7 Å². The van der Waals surface area contributed by atoms with Gasteiger partial charge in [-0.1, -0.05) is 45.5 Å². The van der Waals surface area contributed by atoms with Gasteiger partial charge in [0.25, 0.3) is 0 Å². The normalized spacial score (nSPS) is 13.7. The molecule has 2 atom stereocenters. The molecule has 0 amide bonds. The number of ether oxygens (including phenoxy) is 3. The van der Waals surface area contributed by atoms with Gasteiger partial charge in [0, 0.05) is 20.0 Å². The van der Waals surface area contributed by atoms with Crippen LogP contribution >= 0.6 is 0 Å². The summed E-state index contributed by atoms with van der Waals surface area (Å²) in [6, 6.07) is 0. The van der Waals surface area contributed by atoms with Crippen LogP contribution < -0.4 is 5.73 Å². The highest BCUT2D eigenvalue weighted by Gasteiger charge is 2.42. The number of halogens is 1. The zero-order chi connectivity index (χ0) is 25.8. The maximum atomic E-state index is 13.8. The molecule has 0 aliphatic carbocycles. The highest BCUT2D eigenvalue weighted by Crippen LogP contribution is 2.25. The number of fused-ring (bicyclic) bond motifs is 1. The Hall–Kier alpha value is -3.26. The Labute approximate surface area is 204 Å². The van der Waals surface area contributed by atoms with E-state index in [1.807, 2.05) is 13.8 Å². The number of anilines is 1. The fourth-order valence-electron chi connectivity index (χ4n) is 3.52. The standard InChI is InChI=1S/C24H34FN5O5/c1-5-8-10-12-18(31)34-15-24(7-3,33-4)17(35-19(32)13-11-9-6-2)14-30-16-27-20-21(26)28-23(25)29-22(20)30/h3,16-17H,5-6,8-15H2,1-2,4H3,(H2,26,28,29)/t17-,24+/m0/s1. The molecule has 2 aromatic heterocycles. The van der Waals surface area contributed by atoms with Crippen LogP contribution in [0.2, 0.25) is 0 Å². The van der Waals surface area contributed by atoms with Gasteiger partial charge >= 0.3 is 18.0 Å². The number of esters is 2. The van der Waals surface area contributed by atoms with E-state index < -0.39 is 29.7 Å². The Kier molecular flexibility index (Phi) is 10.9. The SMILES string of the molecule is C#C[C@](COC(=O)CCCCC)(OC)[C@H](Cn1cnc2c(N)nc(F)nc21)OC(=O)CCCCC. The Morgan fingerprint density at radius 2 is 1.83 bits per heavy atom. The van der Waals surface area contributed by atoms with Crippen LogP contribution in [0, 0.1) is 18.4 Å². The highest BCUT2D eigenvalue weighted by atomic mass is 19.1. The molecule has 0 aliphatic rings. The molecule has 2 heterocycles. The number of imidazole rings is 1. The maximum Gasteiger partial charge on any atom is 0.312 e. The van der Waals surface area contributed by atoms with Crippen LogP contribution in [0.1, 0.15) is 65.2 Å². The number of carbonyl (C=O) groups is 2. The van der Waals surface area contributed by atoms with Gasteiger partial charge in [-0.15, -0.1) is 6.42 Å². The molecule has 2 aromatic rings. The third-order valence-corrected chi connectivity index (χ3v) is 5.64. The molecule has 2 N–H and O–H groups in total. The van der Waals surface area contributed by atoms with Crippen LogP contribution in [0.5, 0.6) is 0 Å². The molecule has 0 spiro atoms. The van der Waals surface area contributed by atoms with Crippen LogP contribution in [0.25, 0.3) is 11.2 Å². The van der Waals surface area contributed by atoms with Gasteiger partial charge in [0.1, 0.15) is 12.1 Å². The zero-order valence-electron chi connectivity index (χ0n) is 20.6. The van der Waals surface area contributed by atoms with Gasteiger partial charge in [0.15, 0.2) is 17.6 Å². The molecule has 10 nitrogen and oxygen atoms in total. The summed E-state index contributed by atoms with van der Waals surface area (Å²) >= 11 is 0. The van der Waals surface area contributed by atoms with Crippen LogP contribution in [0.4, 0.5) is 10.2 Å². The second-order valence-electron chi connectivity index (χ2n) is 8.24. The minimum atomic E-state index is -1.60. The predicted molar refractivity (Wildman–Crippen MR) is 127 cm³/mol. The second-order valence-corrected chi connectivity index (χ2v) is 8.24. The number of hydrogen-bond acceptors (Lipinski definition) is 9. The molecule has 11 heteroatoms. The van der Waals surface area contributed by atoms with Crippen molar-refractivity contribution < 1.29 is 28.2 Å². The Balaban J connectivity index is 2.32. The lowest BCUT2D eigenvalue weighted by molar-refractivity contribution is -0.174. The monoisotopic (exact) mass is 491 g/mol. The average molecular weight is 492 g/mol. The molecule has 0 fully saturated rings. The van der Waals surface area contributed by atoms with Gasteiger partial charge in [0.05, 0.1) is 12.9 Å². The summed E-state index contributed by atoms with van der Waals surface area (Å²) in [5.41, 5.74) is 4.43. The number of aromatic nitrogens is 4. The second kappa shape index (κ2) is 13.6. The van der Waals surface area contributed by atoms with Crippen molar-refractivity contribution in [2.45, 2.75) is 83.5 Å². The lowest BCUT2D eigenvalue weighted by Crippen LogP contribution is -2.51. The van der Waals surface area contributed by atoms with Crippen molar-refractivity contribution in [1.29, 1.82) is 0 Å². The molecule has 0 aliphatic heterocycles. The minimum absolute atomic E-state index is 0.0978. The molecule has 2 rings (SSSR count). The number of nitrogen functional groups attached to an aromatic ring is 1. The molecular formula is C24H34FN5O5. The molecular weight excluding hydrogens is 457 g/mol. The number of carbonyl (C=O) groups excluding carboxylic acids is 2. The third kappa shape index (κ3) is 7.62. The van der Waals surface area contributed by atoms with E-state index in [9.17, 15) is 14.0 Å². The van der Waals surface area contributed by atoms with E-state index in [2.05, 4.69) is 20.9 Å². The molecule has 192 valence electrons. The summed E-state index contributed by atoms with van der Waals surface area (Å²) in [6.07, 6.45) is 10.5. The number of hydrogen-bond donors (Lipinski definition) is 1. The Bertz CT molecular complexity index is 1040. The molecule has 0 radical (unpaired) electrons. The quantitative estimate of drug-likeness (QED) is 0.173. The van der Waals surface area contributed by atoms with Gasteiger partial charge in [-0.25, -0.2) is 4.98 Å². The summed E-state index contributed by atoms with van der Waals surface area (Å²) in [6.45, 7) is 3.62. The summed E-state index contributed by atoms with van der Waals surface area (Å²) in [4.78, 5) is 36.2. The fourth-order valence-corrected chi connectivity index (χ4v) is 3.52. The lowest BCUT2D eigenvalue weighted by Gasteiger charge is -2.34. The summed E-state index contributed by atoms with van der Waals surface area (Å²) in [5.74, 6) is 1.45. The Morgan fingerprint density at radius 3 is 2.43 bits per heavy atom. The molecule has 0 unspecified atom stereocenters. The summed E-state index contributed by atoms with van der Waals surface area (Å²) in [7, 11) is 1.34. The summed E-state index contributed by atoms with van der Waals surface area (Å²) in [5, 5.41) is 0. The van der Waals surface area contributed by atoms with Gasteiger partial charge in [-0.2, -0.15) is 14.4 Å². The van der Waals surface area contributed by atoms with Gasteiger partial charge in [0.2, 0.25) is 5.60 Å². The fraction of sp³-hybridized carbons (Fsp3) is 0.625. The number of nitrogens with two attached hydrogens (primary N) is 1. The van der Waals surface area contributed by atoms with E-state index in [-0.39, 0.29) is 43.0 Å². The van der Waals surface area contributed by atoms with E-state index in [4.69, 9.17) is 26.4 Å². The van der Waals surface area contributed by atoms with Crippen molar-refractivity contribution in [3.63, 3.8) is 0 Å². The largest absolute Gasteiger partial charge is 0.461 e. The summed E-state index contributed by atoms with van der Waals surface area (Å²) < 4.78 is 32.0. The van der Waals surface area contributed by atoms with Gasteiger partial charge in [-0.05, 0) is 12.8 Å². The van der Waals surface area contributed by atoms with Crippen LogP contribution in [-0.2, 0) is 30.3 Å². The number of nitrogens with zero attached hydrogens (tertiary/aromatic N) is 4. The van der Waals surface area contributed by atoms with E-state index in [1.54, 1.807) is 0 Å². The molecule has 0 saturated carbocycles. The van der Waals surface area contributed by atoms with Crippen LogP contribution in [0.15, 0.2) is 6.33 Å². The van der Waals surface area contributed by atoms with Crippen molar-refractivity contribution in [2.24, 2.45) is 0 Å². The molecule has 0 aromatic carbocycles. The van der Waals surface area contributed by atoms with Crippen molar-refractivity contribution in [3.05, 3.63) is 12.4 Å². The van der Waals surface area contributed by atoms with Crippen LogP contribution in [-0.4, -0.2) is 56.9 Å². The van der Waals surface area contributed by atoms with Gasteiger partial charge in [-0.3, -0.25) is 9.59 Å². The maximum absolute atomic E-state index is 13.8. The first-order chi connectivity index (χ1) is 16.8. The zero-order valence-corrected chi connectivity index (χ0v) is 20.6.